The summed E-state index contributed by atoms with van der Waals surface area (Å²) >= 11 is 0. The number of anilines is 2. The number of hydrogen-bond acceptors (Lipinski definition) is 3. The van der Waals surface area contributed by atoms with Crippen LogP contribution in [-0.4, -0.2) is 29.3 Å². The van der Waals surface area contributed by atoms with Crippen LogP contribution in [0.25, 0.3) is 0 Å². The Kier molecular flexibility index (Phi) is 3.84. The molecule has 0 fully saturated rings. The van der Waals surface area contributed by atoms with Gasteiger partial charge in [-0.15, -0.1) is 0 Å². The van der Waals surface area contributed by atoms with E-state index in [1.807, 2.05) is 0 Å². The van der Waals surface area contributed by atoms with Crippen molar-refractivity contribution >= 4 is 36.6 Å². The van der Waals surface area contributed by atoms with E-state index in [4.69, 9.17) is 7.85 Å². The van der Waals surface area contributed by atoms with E-state index in [1.165, 1.54) is 36.7 Å². The second kappa shape index (κ2) is 5.44. The van der Waals surface area contributed by atoms with Crippen LogP contribution in [0.15, 0.2) is 24.3 Å². The molecule has 0 amide bonds. The highest BCUT2D eigenvalue weighted by atomic mass is 19.1. The van der Waals surface area contributed by atoms with Gasteiger partial charge in [-0.1, -0.05) is 11.5 Å². The Hall–Kier alpha value is -2.57. The minimum atomic E-state index is -1.21. The van der Waals surface area contributed by atoms with Crippen LogP contribution in [0.1, 0.15) is 27.8 Å². The lowest BCUT2D eigenvalue weighted by Crippen LogP contribution is -2.09. The van der Waals surface area contributed by atoms with Crippen LogP contribution < -0.4 is 10.8 Å². The molecule has 1 heterocycles. The zero-order chi connectivity index (χ0) is 15.7. The number of aromatic carboxylic acids is 1. The van der Waals surface area contributed by atoms with Crippen molar-refractivity contribution in [2.75, 3.05) is 5.32 Å². The van der Waals surface area contributed by atoms with Crippen molar-refractivity contribution in [2.24, 2.45) is 7.05 Å². The molecule has 2 N–H and O–H groups in total. The highest BCUT2D eigenvalue weighted by Gasteiger charge is 2.21. The van der Waals surface area contributed by atoms with E-state index in [2.05, 4.69) is 5.32 Å². The number of rotatable bonds is 4. The van der Waals surface area contributed by atoms with E-state index in [9.17, 15) is 19.1 Å². The molecule has 0 aliphatic rings. The second-order valence-electron chi connectivity index (χ2n) is 4.58. The van der Waals surface area contributed by atoms with Gasteiger partial charge < -0.3 is 15.0 Å². The maximum absolute atomic E-state index is 13.8. The number of nitrogens with one attached hydrogen (secondary N) is 1. The molecule has 0 atom stereocenters. The summed E-state index contributed by atoms with van der Waals surface area (Å²) in [5.41, 5.74) is 0.431. The van der Waals surface area contributed by atoms with E-state index < -0.39 is 11.8 Å². The summed E-state index contributed by atoms with van der Waals surface area (Å²) in [4.78, 5) is 22.7. The molecule has 0 spiro atoms. The Bertz CT molecular complexity index is 740. The van der Waals surface area contributed by atoms with E-state index in [0.29, 0.717) is 0 Å². The number of aromatic nitrogens is 1. The monoisotopic (exact) mass is 286 g/mol. The number of halogens is 1. The van der Waals surface area contributed by atoms with Crippen molar-refractivity contribution < 1.29 is 19.1 Å². The van der Waals surface area contributed by atoms with Gasteiger partial charge in [0.25, 0.3) is 0 Å². The fourth-order valence-corrected chi connectivity index (χ4v) is 2.02. The first-order valence-electron chi connectivity index (χ1n) is 6.07. The first kappa shape index (κ1) is 14.8. The number of carboxylic acid groups (broad SMARTS) is 1. The molecule has 0 aliphatic carbocycles. The van der Waals surface area contributed by atoms with Crippen LogP contribution in [0.3, 0.4) is 0 Å². The van der Waals surface area contributed by atoms with Gasteiger partial charge in [0.05, 0.1) is 11.4 Å². The lowest BCUT2D eigenvalue weighted by Gasteiger charge is -2.11. The Morgan fingerprint density at radius 1 is 1.33 bits per heavy atom. The van der Waals surface area contributed by atoms with Gasteiger partial charge in [-0.25, -0.2) is 9.18 Å². The van der Waals surface area contributed by atoms with Gasteiger partial charge in [0, 0.05) is 14.0 Å². The predicted molar refractivity (Wildman–Crippen MR) is 77.4 cm³/mol. The summed E-state index contributed by atoms with van der Waals surface area (Å²) in [6, 6.07) is 5.26. The normalized spacial score (nSPS) is 10.4. The predicted octanol–water partition coefficient (Wildman–Crippen LogP) is 1.60. The summed E-state index contributed by atoms with van der Waals surface area (Å²) in [6.45, 7) is 1.33. The van der Waals surface area contributed by atoms with Gasteiger partial charge >= 0.3 is 5.97 Å². The lowest BCUT2D eigenvalue weighted by molar-refractivity contribution is 0.0698. The number of carbonyl (C=O) groups is 2. The van der Waals surface area contributed by atoms with E-state index in [1.54, 1.807) is 0 Å². The molecular formula is C14H12BFN2O3. The van der Waals surface area contributed by atoms with Gasteiger partial charge in [0.1, 0.15) is 25.0 Å². The Morgan fingerprint density at radius 2 is 2.00 bits per heavy atom. The highest BCUT2D eigenvalue weighted by molar-refractivity contribution is 6.32. The van der Waals surface area contributed by atoms with E-state index in [0.717, 1.165) is 6.07 Å². The van der Waals surface area contributed by atoms with E-state index in [-0.39, 0.29) is 34.0 Å². The fourth-order valence-electron chi connectivity index (χ4n) is 2.02. The standard InChI is InChI=1S/C14H12BFN2O3/c1-7(19)12-6-9(14(20)21)13(18(12)2)17-11-4-3-8(15)5-10(11)16/h3-6,17H,1-2H3,(H,20,21). The van der Waals surface area contributed by atoms with Crippen LogP contribution in [0, 0.1) is 5.82 Å². The molecule has 2 rings (SSSR count). The second-order valence-corrected chi connectivity index (χ2v) is 4.58. The molecule has 0 aliphatic heterocycles. The molecule has 1 aromatic carbocycles. The summed E-state index contributed by atoms with van der Waals surface area (Å²) in [6.07, 6.45) is 0. The largest absolute Gasteiger partial charge is 0.478 e. The fraction of sp³-hybridized carbons (Fsp3) is 0.143. The van der Waals surface area contributed by atoms with Gasteiger partial charge in [0.2, 0.25) is 0 Å². The minimum absolute atomic E-state index is 0.0722. The maximum atomic E-state index is 13.8. The molecule has 21 heavy (non-hydrogen) atoms. The molecule has 0 saturated heterocycles. The van der Waals surface area contributed by atoms with Crippen LogP contribution in [-0.2, 0) is 7.05 Å². The first-order valence-corrected chi connectivity index (χ1v) is 6.07. The van der Waals surface area contributed by atoms with Crippen LogP contribution in [0.5, 0.6) is 0 Å². The SMILES string of the molecule is [B]c1ccc(Nc2c(C(=O)O)cc(C(C)=O)n2C)c(F)c1. The van der Waals surface area contributed by atoms with Crippen molar-refractivity contribution in [3.8, 4) is 0 Å². The third kappa shape index (κ3) is 2.81. The van der Waals surface area contributed by atoms with Gasteiger partial charge in [0.15, 0.2) is 5.78 Å². The topological polar surface area (TPSA) is 71.3 Å². The first-order chi connectivity index (χ1) is 9.81. The van der Waals surface area contributed by atoms with Crippen molar-refractivity contribution in [3.05, 3.63) is 41.3 Å². The summed E-state index contributed by atoms with van der Waals surface area (Å²) in [5.74, 6) is -1.99. The number of ketones is 1. The highest BCUT2D eigenvalue weighted by Crippen LogP contribution is 2.26. The van der Waals surface area contributed by atoms with Crippen LogP contribution >= 0.6 is 0 Å². The molecular weight excluding hydrogens is 274 g/mol. The quantitative estimate of drug-likeness (QED) is 0.661. The Balaban J connectivity index is 2.52. The number of carbonyl (C=O) groups excluding carboxylic acids is 1. The molecule has 0 saturated carbocycles. The number of benzene rings is 1. The van der Waals surface area contributed by atoms with Crippen LogP contribution in [0.2, 0.25) is 0 Å². The molecule has 106 valence electrons. The Morgan fingerprint density at radius 3 is 2.52 bits per heavy atom. The van der Waals surface area contributed by atoms with Crippen molar-refractivity contribution in [1.29, 1.82) is 0 Å². The Labute approximate surface area is 121 Å². The number of Topliss-reactive ketones (excluding diaryl/α,β-unsaturated/α-hetero) is 1. The zero-order valence-corrected chi connectivity index (χ0v) is 11.5. The van der Waals surface area contributed by atoms with Crippen molar-refractivity contribution in [1.82, 2.24) is 4.57 Å². The molecule has 7 heteroatoms. The number of hydrogen-bond donors (Lipinski definition) is 2. The minimum Gasteiger partial charge on any atom is -0.478 e. The smallest absolute Gasteiger partial charge is 0.339 e. The average Bonchev–Trinajstić information content (AvgIpc) is 2.70. The van der Waals surface area contributed by atoms with E-state index >= 15 is 0 Å². The molecule has 0 unspecified atom stereocenters. The molecule has 5 nitrogen and oxygen atoms in total. The maximum Gasteiger partial charge on any atom is 0.339 e. The number of nitrogens with zero attached hydrogens (tertiary/aromatic N) is 1. The lowest BCUT2D eigenvalue weighted by atomic mass is 9.96. The van der Waals surface area contributed by atoms with Crippen LogP contribution in [0.4, 0.5) is 15.9 Å². The number of carboxylic acids is 1. The molecule has 2 radical (unpaired) electrons. The molecule has 2 aromatic rings. The molecule has 0 bridgehead atoms. The third-order valence-corrected chi connectivity index (χ3v) is 3.07. The van der Waals surface area contributed by atoms with Crippen molar-refractivity contribution in [3.63, 3.8) is 0 Å². The van der Waals surface area contributed by atoms with Crippen molar-refractivity contribution in [2.45, 2.75) is 6.92 Å². The third-order valence-electron chi connectivity index (χ3n) is 3.07. The summed E-state index contributed by atoms with van der Waals surface area (Å²) in [5, 5.41) is 11.9. The van der Waals surface area contributed by atoms with Gasteiger partial charge in [-0.3, -0.25) is 4.79 Å². The van der Waals surface area contributed by atoms with Gasteiger partial charge in [-0.05, 0) is 18.2 Å². The summed E-state index contributed by atoms with van der Waals surface area (Å²) < 4.78 is 15.2. The molecule has 1 aromatic heterocycles. The van der Waals surface area contributed by atoms with Gasteiger partial charge in [-0.2, -0.15) is 0 Å². The zero-order valence-electron chi connectivity index (χ0n) is 11.5. The summed E-state index contributed by atoms with van der Waals surface area (Å²) in [7, 11) is 6.99. The average molecular weight is 286 g/mol.